The van der Waals surface area contributed by atoms with E-state index in [1.54, 1.807) is 6.07 Å². The van der Waals surface area contributed by atoms with Crippen LogP contribution < -0.4 is 10.2 Å². The van der Waals surface area contributed by atoms with E-state index in [0.29, 0.717) is 31.9 Å². The van der Waals surface area contributed by atoms with Gasteiger partial charge in [-0.3, -0.25) is 4.79 Å². The van der Waals surface area contributed by atoms with Crippen LogP contribution in [0.5, 0.6) is 0 Å². The number of nitrogens with one attached hydrogen (secondary N) is 1. The van der Waals surface area contributed by atoms with Gasteiger partial charge in [0.2, 0.25) is 10.0 Å². The minimum Gasteiger partial charge on any atom is -0.370 e. The van der Waals surface area contributed by atoms with E-state index >= 15 is 0 Å². The van der Waals surface area contributed by atoms with Crippen LogP contribution in [0.15, 0.2) is 41.3 Å². The van der Waals surface area contributed by atoms with Crippen molar-refractivity contribution in [2.24, 2.45) is 0 Å². The molecule has 2 aromatic rings. The van der Waals surface area contributed by atoms with Crippen molar-refractivity contribution in [1.82, 2.24) is 4.31 Å². The van der Waals surface area contributed by atoms with Gasteiger partial charge in [-0.25, -0.2) is 17.2 Å². The maximum atomic E-state index is 14.1. The fourth-order valence-electron chi connectivity index (χ4n) is 3.77. The summed E-state index contributed by atoms with van der Waals surface area (Å²) in [5.74, 6) is -2.95. The number of benzene rings is 2. The third kappa shape index (κ3) is 4.88. The summed E-state index contributed by atoms with van der Waals surface area (Å²) in [4.78, 5) is 14.7. The number of hydrogen-bond acceptors (Lipinski definition) is 4. The van der Waals surface area contributed by atoms with Crippen molar-refractivity contribution >= 4 is 27.3 Å². The van der Waals surface area contributed by atoms with E-state index in [9.17, 15) is 22.0 Å². The number of sulfonamides is 1. The van der Waals surface area contributed by atoms with Crippen LogP contribution in [0.4, 0.5) is 20.2 Å². The van der Waals surface area contributed by atoms with Crippen LogP contribution in [-0.2, 0) is 10.0 Å². The highest BCUT2D eigenvalue weighted by atomic mass is 32.2. The smallest absolute Gasteiger partial charge is 0.261 e. The number of carbonyl (C=O) groups excluding carboxylic acids is 1. The van der Waals surface area contributed by atoms with Gasteiger partial charge < -0.3 is 10.2 Å². The van der Waals surface area contributed by atoms with E-state index in [0.717, 1.165) is 31.4 Å². The first-order valence-corrected chi connectivity index (χ1v) is 11.9. The molecule has 1 amide bonds. The van der Waals surface area contributed by atoms with Crippen molar-refractivity contribution in [3.63, 3.8) is 0 Å². The molecule has 1 heterocycles. The lowest BCUT2D eigenvalue weighted by Gasteiger charge is -2.28. The lowest BCUT2D eigenvalue weighted by atomic mass is 10.1. The fourth-order valence-corrected chi connectivity index (χ4v) is 5.31. The number of carbonyl (C=O) groups is 1. The second-order valence-electron chi connectivity index (χ2n) is 7.37. The molecule has 0 spiro atoms. The molecule has 1 aliphatic rings. The standard InChI is InChI=1S/C22H27F2N3O3S/c1-3-26(4-2)20-12-11-16(31(29,30)27-13-6-5-7-14-27)15-19(20)25-22(28)21-17(23)9-8-10-18(21)24/h8-12,15H,3-7,13-14H2,1-2H3,(H,25,28). The Morgan fingerprint density at radius 2 is 1.65 bits per heavy atom. The van der Waals surface area contributed by atoms with Crippen molar-refractivity contribution < 1.29 is 22.0 Å². The Kier molecular flexibility index (Phi) is 7.27. The summed E-state index contributed by atoms with van der Waals surface area (Å²) in [6.45, 7) is 5.94. The SMILES string of the molecule is CCN(CC)c1ccc(S(=O)(=O)N2CCCCC2)cc1NC(=O)c1c(F)cccc1F. The molecule has 0 bridgehead atoms. The zero-order chi connectivity index (χ0) is 22.6. The molecule has 0 saturated carbocycles. The molecule has 1 saturated heterocycles. The van der Waals surface area contributed by atoms with Crippen LogP contribution in [-0.4, -0.2) is 44.8 Å². The van der Waals surface area contributed by atoms with Crippen LogP contribution in [0.2, 0.25) is 0 Å². The summed E-state index contributed by atoms with van der Waals surface area (Å²) in [5, 5.41) is 2.53. The molecule has 2 aromatic carbocycles. The molecule has 9 heteroatoms. The Hall–Kier alpha value is -2.52. The predicted molar refractivity (Wildman–Crippen MR) is 117 cm³/mol. The molecule has 1 N–H and O–H groups in total. The minimum atomic E-state index is -3.74. The molecular weight excluding hydrogens is 424 g/mol. The summed E-state index contributed by atoms with van der Waals surface area (Å²) in [6, 6.07) is 7.68. The molecule has 0 aromatic heterocycles. The quantitative estimate of drug-likeness (QED) is 0.684. The van der Waals surface area contributed by atoms with Crippen LogP contribution >= 0.6 is 0 Å². The maximum Gasteiger partial charge on any atom is 0.261 e. The van der Waals surface area contributed by atoms with Gasteiger partial charge in [-0.15, -0.1) is 0 Å². The zero-order valence-corrected chi connectivity index (χ0v) is 18.5. The zero-order valence-electron chi connectivity index (χ0n) is 17.7. The highest BCUT2D eigenvalue weighted by Gasteiger charge is 2.28. The number of amides is 1. The molecule has 6 nitrogen and oxygen atoms in total. The first-order chi connectivity index (χ1) is 14.8. The van der Waals surface area contributed by atoms with Gasteiger partial charge >= 0.3 is 0 Å². The molecule has 0 unspecified atom stereocenters. The van der Waals surface area contributed by atoms with Crippen molar-refractivity contribution in [2.45, 2.75) is 38.0 Å². The third-order valence-electron chi connectivity index (χ3n) is 5.46. The molecule has 1 fully saturated rings. The average molecular weight is 452 g/mol. The van der Waals surface area contributed by atoms with Crippen LogP contribution in [0, 0.1) is 11.6 Å². The van der Waals surface area contributed by atoms with Crippen molar-refractivity contribution in [1.29, 1.82) is 0 Å². The number of hydrogen-bond donors (Lipinski definition) is 1. The fraction of sp³-hybridized carbons (Fsp3) is 0.409. The Morgan fingerprint density at radius 3 is 2.23 bits per heavy atom. The van der Waals surface area contributed by atoms with Gasteiger partial charge in [0.05, 0.1) is 16.3 Å². The van der Waals surface area contributed by atoms with E-state index in [-0.39, 0.29) is 10.6 Å². The summed E-state index contributed by atoms with van der Waals surface area (Å²) in [5.41, 5.74) is 0.0550. The van der Waals surface area contributed by atoms with E-state index in [2.05, 4.69) is 5.32 Å². The van der Waals surface area contributed by atoms with Crippen LogP contribution in [0.25, 0.3) is 0 Å². The Morgan fingerprint density at radius 1 is 1.03 bits per heavy atom. The minimum absolute atomic E-state index is 0.0367. The Labute approximate surface area is 181 Å². The second-order valence-corrected chi connectivity index (χ2v) is 9.30. The van der Waals surface area contributed by atoms with Crippen LogP contribution in [0.1, 0.15) is 43.5 Å². The largest absolute Gasteiger partial charge is 0.370 e. The predicted octanol–water partition coefficient (Wildman–Crippen LogP) is 4.24. The highest BCUT2D eigenvalue weighted by Crippen LogP contribution is 2.31. The first-order valence-electron chi connectivity index (χ1n) is 10.4. The van der Waals surface area contributed by atoms with Crippen molar-refractivity contribution in [2.75, 3.05) is 36.4 Å². The second kappa shape index (κ2) is 9.74. The Balaban J connectivity index is 2.03. The lowest BCUT2D eigenvalue weighted by molar-refractivity contribution is 0.101. The van der Waals surface area contributed by atoms with Crippen molar-refractivity contribution in [3.8, 4) is 0 Å². The molecule has 0 radical (unpaired) electrons. The molecule has 3 rings (SSSR count). The molecular formula is C22H27F2N3O3S. The summed E-state index contributed by atoms with van der Waals surface area (Å²) < 4.78 is 55.8. The summed E-state index contributed by atoms with van der Waals surface area (Å²) in [6.07, 6.45) is 2.59. The third-order valence-corrected chi connectivity index (χ3v) is 7.36. The summed E-state index contributed by atoms with van der Waals surface area (Å²) >= 11 is 0. The van der Waals surface area contributed by atoms with Gasteiger partial charge in [0, 0.05) is 26.2 Å². The van der Waals surface area contributed by atoms with Gasteiger partial charge in [-0.2, -0.15) is 4.31 Å². The van der Waals surface area contributed by atoms with E-state index in [1.165, 1.54) is 22.5 Å². The molecule has 31 heavy (non-hydrogen) atoms. The summed E-state index contributed by atoms with van der Waals surface area (Å²) in [7, 11) is -3.74. The normalized spacial score (nSPS) is 15.0. The molecule has 1 aliphatic heterocycles. The van der Waals surface area contributed by atoms with E-state index < -0.39 is 33.1 Å². The van der Waals surface area contributed by atoms with Gasteiger partial charge in [0.1, 0.15) is 17.2 Å². The van der Waals surface area contributed by atoms with Gasteiger partial charge in [-0.05, 0) is 57.0 Å². The van der Waals surface area contributed by atoms with Gasteiger partial charge in [0.25, 0.3) is 5.91 Å². The Bertz CT molecular complexity index is 1030. The number of rotatable bonds is 7. The number of nitrogens with zero attached hydrogens (tertiary/aromatic N) is 2. The number of anilines is 2. The molecule has 0 atom stereocenters. The molecule has 0 aliphatic carbocycles. The first kappa shape index (κ1) is 23.1. The van der Waals surface area contributed by atoms with Gasteiger partial charge in [0.15, 0.2) is 0 Å². The maximum absolute atomic E-state index is 14.1. The highest BCUT2D eigenvalue weighted by molar-refractivity contribution is 7.89. The average Bonchev–Trinajstić information content (AvgIpc) is 2.76. The molecule has 168 valence electrons. The van der Waals surface area contributed by atoms with Gasteiger partial charge in [-0.1, -0.05) is 12.5 Å². The topological polar surface area (TPSA) is 69.7 Å². The monoisotopic (exact) mass is 451 g/mol. The lowest BCUT2D eigenvalue weighted by Crippen LogP contribution is -2.35. The van der Waals surface area contributed by atoms with Crippen LogP contribution in [0.3, 0.4) is 0 Å². The number of halogens is 2. The van der Waals surface area contributed by atoms with E-state index in [4.69, 9.17) is 0 Å². The number of piperidine rings is 1. The van der Waals surface area contributed by atoms with E-state index in [1.807, 2.05) is 18.7 Å². The van der Waals surface area contributed by atoms with Crippen molar-refractivity contribution in [3.05, 3.63) is 53.6 Å².